The van der Waals surface area contributed by atoms with E-state index in [-0.39, 0.29) is 0 Å². The number of hydrogen-bond acceptors (Lipinski definition) is 5. The Labute approximate surface area is 122 Å². The van der Waals surface area contributed by atoms with Gasteiger partial charge in [0.25, 0.3) is 5.95 Å². The molecule has 1 fully saturated rings. The Bertz CT molecular complexity index is 549. The van der Waals surface area contributed by atoms with E-state index in [4.69, 9.17) is 16.1 Å². The minimum absolute atomic E-state index is 0.516. The lowest BCUT2D eigenvalue weighted by Crippen LogP contribution is -2.30. The van der Waals surface area contributed by atoms with Gasteiger partial charge in [0.1, 0.15) is 0 Å². The van der Waals surface area contributed by atoms with Crippen molar-refractivity contribution in [2.24, 2.45) is 0 Å². The van der Waals surface area contributed by atoms with E-state index in [1.165, 1.54) is 19.3 Å². The van der Waals surface area contributed by atoms with Crippen LogP contribution in [0.2, 0.25) is 5.02 Å². The van der Waals surface area contributed by atoms with Crippen LogP contribution in [0.25, 0.3) is 0 Å². The highest BCUT2D eigenvalue weighted by molar-refractivity contribution is 6.30. The third-order valence-corrected chi connectivity index (χ3v) is 3.64. The minimum Gasteiger partial charge on any atom is -0.376 e. The van der Waals surface area contributed by atoms with Crippen molar-refractivity contribution in [1.29, 1.82) is 0 Å². The van der Waals surface area contributed by atoms with Crippen LogP contribution in [-0.4, -0.2) is 23.2 Å². The molecule has 6 heteroatoms. The lowest BCUT2D eigenvalue weighted by Gasteiger charge is -2.24. The molecule has 3 rings (SSSR count). The normalized spacial score (nSPS) is 15.3. The van der Waals surface area contributed by atoms with Crippen molar-refractivity contribution in [1.82, 2.24) is 10.1 Å². The van der Waals surface area contributed by atoms with Crippen LogP contribution in [0, 0.1) is 0 Å². The molecule has 1 N–H and O–H groups in total. The van der Waals surface area contributed by atoms with Gasteiger partial charge in [0, 0.05) is 23.8 Å². The van der Waals surface area contributed by atoms with E-state index in [1.54, 1.807) is 0 Å². The number of nitrogens with one attached hydrogen (secondary N) is 1. The van der Waals surface area contributed by atoms with E-state index in [0.29, 0.717) is 18.4 Å². The van der Waals surface area contributed by atoms with Gasteiger partial charge in [0.05, 0.1) is 6.54 Å². The Balaban J connectivity index is 1.58. The summed E-state index contributed by atoms with van der Waals surface area (Å²) in [7, 11) is 0. The van der Waals surface area contributed by atoms with Crippen LogP contribution < -0.4 is 10.2 Å². The van der Waals surface area contributed by atoms with Crippen molar-refractivity contribution in [2.75, 3.05) is 23.3 Å². The summed E-state index contributed by atoms with van der Waals surface area (Å²) >= 11 is 5.84. The van der Waals surface area contributed by atoms with Crippen LogP contribution in [0.15, 0.2) is 28.8 Å². The fourth-order valence-corrected chi connectivity index (χ4v) is 2.41. The Morgan fingerprint density at radius 1 is 1.15 bits per heavy atom. The van der Waals surface area contributed by atoms with Gasteiger partial charge >= 0.3 is 0 Å². The van der Waals surface area contributed by atoms with Gasteiger partial charge in [-0.2, -0.15) is 4.98 Å². The highest BCUT2D eigenvalue weighted by Crippen LogP contribution is 2.17. The summed E-state index contributed by atoms with van der Waals surface area (Å²) in [4.78, 5) is 6.61. The molecular weight excluding hydrogens is 276 g/mol. The van der Waals surface area contributed by atoms with Crippen molar-refractivity contribution >= 4 is 23.2 Å². The van der Waals surface area contributed by atoms with Gasteiger partial charge in [-0.15, -0.1) is 0 Å². The van der Waals surface area contributed by atoms with Gasteiger partial charge in [0.15, 0.2) is 0 Å². The smallest absolute Gasteiger partial charge is 0.266 e. The molecule has 20 heavy (non-hydrogen) atoms. The zero-order valence-corrected chi connectivity index (χ0v) is 11.9. The minimum atomic E-state index is 0.516. The largest absolute Gasteiger partial charge is 0.376 e. The number of aromatic nitrogens is 2. The van der Waals surface area contributed by atoms with Gasteiger partial charge in [-0.1, -0.05) is 11.6 Å². The van der Waals surface area contributed by atoms with Crippen molar-refractivity contribution < 1.29 is 4.52 Å². The van der Waals surface area contributed by atoms with E-state index in [1.807, 2.05) is 24.3 Å². The molecule has 1 aliphatic rings. The molecule has 1 aliphatic heterocycles. The number of piperidine rings is 1. The molecule has 1 saturated heterocycles. The predicted octanol–water partition coefficient (Wildman–Crippen LogP) is 3.33. The fraction of sp³-hybridized carbons (Fsp3) is 0.429. The zero-order valence-electron chi connectivity index (χ0n) is 11.2. The summed E-state index contributed by atoms with van der Waals surface area (Å²) in [6, 6.07) is 7.53. The monoisotopic (exact) mass is 292 g/mol. The Hall–Kier alpha value is -1.75. The van der Waals surface area contributed by atoms with E-state index < -0.39 is 0 Å². The van der Waals surface area contributed by atoms with Gasteiger partial charge < -0.3 is 14.7 Å². The first-order chi connectivity index (χ1) is 9.81. The molecule has 0 unspecified atom stereocenters. The Morgan fingerprint density at radius 2 is 1.90 bits per heavy atom. The Morgan fingerprint density at radius 3 is 2.65 bits per heavy atom. The lowest BCUT2D eigenvalue weighted by molar-refractivity contribution is 0.381. The van der Waals surface area contributed by atoms with Gasteiger partial charge in [-0.25, -0.2) is 0 Å². The predicted molar refractivity (Wildman–Crippen MR) is 79.1 cm³/mol. The highest BCUT2D eigenvalue weighted by atomic mass is 35.5. The van der Waals surface area contributed by atoms with E-state index in [9.17, 15) is 0 Å². The second kappa shape index (κ2) is 6.13. The summed E-state index contributed by atoms with van der Waals surface area (Å²) in [5.74, 6) is 1.30. The second-order valence-electron chi connectivity index (χ2n) is 4.90. The molecule has 0 saturated carbocycles. The van der Waals surface area contributed by atoms with Crippen LogP contribution in [0.4, 0.5) is 11.6 Å². The average molecular weight is 293 g/mol. The first kappa shape index (κ1) is 13.2. The summed E-state index contributed by atoms with van der Waals surface area (Å²) < 4.78 is 5.27. The number of hydrogen-bond donors (Lipinski definition) is 1. The lowest BCUT2D eigenvalue weighted by atomic mass is 10.1. The van der Waals surface area contributed by atoms with Gasteiger partial charge in [-0.3, -0.25) is 0 Å². The molecular formula is C14H17ClN4O. The molecule has 106 valence electrons. The summed E-state index contributed by atoms with van der Waals surface area (Å²) in [6.07, 6.45) is 3.69. The molecule has 2 heterocycles. The van der Waals surface area contributed by atoms with Crippen LogP contribution in [0.3, 0.4) is 0 Å². The number of benzene rings is 1. The van der Waals surface area contributed by atoms with E-state index in [0.717, 1.165) is 23.8 Å². The standard InChI is InChI=1S/C14H17ClN4O/c15-11-4-6-12(7-5-11)16-10-13-17-14(18-20-13)19-8-2-1-3-9-19/h4-7,16H,1-3,8-10H2. The second-order valence-corrected chi connectivity index (χ2v) is 5.33. The maximum Gasteiger partial charge on any atom is 0.266 e. The van der Waals surface area contributed by atoms with Gasteiger partial charge in [0.2, 0.25) is 5.89 Å². The maximum atomic E-state index is 5.84. The number of halogens is 1. The van der Waals surface area contributed by atoms with E-state index in [2.05, 4.69) is 20.4 Å². The average Bonchev–Trinajstić information content (AvgIpc) is 2.97. The zero-order chi connectivity index (χ0) is 13.8. The Kier molecular flexibility index (Phi) is 4.06. The van der Waals surface area contributed by atoms with Crippen molar-refractivity contribution in [3.05, 3.63) is 35.2 Å². The third-order valence-electron chi connectivity index (χ3n) is 3.38. The topological polar surface area (TPSA) is 54.2 Å². The molecule has 0 bridgehead atoms. The van der Waals surface area contributed by atoms with Crippen LogP contribution >= 0.6 is 11.6 Å². The molecule has 0 amide bonds. The SMILES string of the molecule is Clc1ccc(NCc2nc(N3CCCCC3)no2)cc1. The molecule has 0 atom stereocenters. The molecule has 5 nitrogen and oxygen atoms in total. The van der Waals surface area contributed by atoms with Crippen LogP contribution in [-0.2, 0) is 6.54 Å². The third kappa shape index (κ3) is 3.22. The van der Waals surface area contributed by atoms with Crippen molar-refractivity contribution in [3.8, 4) is 0 Å². The first-order valence-corrected chi connectivity index (χ1v) is 7.26. The van der Waals surface area contributed by atoms with Crippen LogP contribution in [0.5, 0.6) is 0 Å². The maximum absolute atomic E-state index is 5.84. The quantitative estimate of drug-likeness (QED) is 0.937. The van der Waals surface area contributed by atoms with E-state index >= 15 is 0 Å². The molecule has 1 aromatic heterocycles. The molecule has 0 spiro atoms. The van der Waals surface area contributed by atoms with Gasteiger partial charge in [-0.05, 0) is 48.7 Å². The van der Waals surface area contributed by atoms with Crippen LogP contribution in [0.1, 0.15) is 25.2 Å². The number of anilines is 2. The molecule has 1 aromatic carbocycles. The molecule has 0 aliphatic carbocycles. The number of nitrogens with zero attached hydrogens (tertiary/aromatic N) is 3. The highest BCUT2D eigenvalue weighted by Gasteiger charge is 2.16. The van der Waals surface area contributed by atoms with Crippen molar-refractivity contribution in [3.63, 3.8) is 0 Å². The number of rotatable bonds is 4. The summed E-state index contributed by atoms with van der Waals surface area (Å²) in [5, 5.41) is 8.00. The van der Waals surface area contributed by atoms with Crippen molar-refractivity contribution in [2.45, 2.75) is 25.8 Å². The molecule has 2 aromatic rings. The molecule has 0 radical (unpaired) electrons. The summed E-state index contributed by atoms with van der Waals surface area (Å²) in [5.41, 5.74) is 0.979. The first-order valence-electron chi connectivity index (χ1n) is 6.88. The summed E-state index contributed by atoms with van der Waals surface area (Å²) in [6.45, 7) is 2.55. The fourth-order valence-electron chi connectivity index (χ4n) is 2.29.